The molecule has 0 saturated heterocycles. The molecule has 5 nitrogen and oxygen atoms in total. The lowest BCUT2D eigenvalue weighted by molar-refractivity contribution is -0.125. The molecule has 0 spiro atoms. The molecule has 2 atom stereocenters. The Labute approximate surface area is 161 Å². The molecular formula is C19H18Cl2N2O3. The van der Waals surface area contributed by atoms with E-state index in [1.807, 2.05) is 24.3 Å². The molecule has 1 aliphatic rings. The van der Waals surface area contributed by atoms with Crippen LogP contribution in [0.4, 0.5) is 5.69 Å². The topological polar surface area (TPSA) is 67.4 Å². The first-order valence-electron chi connectivity index (χ1n) is 8.15. The van der Waals surface area contributed by atoms with Crippen molar-refractivity contribution in [2.45, 2.75) is 13.0 Å². The first-order valence-corrected chi connectivity index (χ1v) is 8.91. The molecule has 0 radical (unpaired) electrons. The highest BCUT2D eigenvalue weighted by Gasteiger charge is 2.48. The quantitative estimate of drug-likeness (QED) is 0.783. The van der Waals surface area contributed by atoms with Gasteiger partial charge in [0.25, 0.3) is 0 Å². The Hall–Kier alpha value is -2.24. The molecule has 0 aromatic heterocycles. The fraction of sp³-hybridized carbons (Fsp3) is 0.263. The van der Waals surface area contributed by atoms with E-state index in [9.17, 15) is 9.59 Å². The van der Waals surface area contributed by atoms with Gasteiger partial charge in [-0.15, -0.1) is 0 Å². The van der Waals surface area contributed by atoms with Crippen molar-refractivity contribution in [2.75, 3.05) is 12.4 Å². The molecule has 2 aromatic carbocycles. The number of hydrogen-bond acceptors (Lipinski definition) is 3. The maximum absolute atomic E-state index is 12.3. The van der Waals surface area contributed by atoms with Crippen LogP contribution in [0.25, 0.3) is 0 Å². The molecule has 0 aliphatic heterocycles. The number of para-hydroxylation sites is 2. The van der Waals surface area contributed by atoms with Crippen molar-refractivity contribution in [1.29, 1.82) is 0 Å². The molecule has 1 aliphatic carbocycles. The average molecular weight is 393 g/mol. The van der Waals surface area contributed by atoms with Gasteiger partial charge < -0.3 is 15.4 Å². The standard InChI is InChI=1S/C19H18Cl2N2O3/c1-26-16-8-3-2-5-11(16)10-22-18(24)12-9-13(12)19(25)23-17-14(20)6-4-7-15(17)21/h2-8,12-13H,9-10H2,1H3,(H,22,24)(H,23,25). The van der Waals surface area contributed by atoms with Crippen LogP contribution in [0.1, 0.15) is 12.0 Å². The summed E-state index contributed by atoms with van der Waals surface area (Å²) in [5, 5.41) is 6.30. The predicted octanol–water partition coefficient (Wildman–Crippen LogP) is 3.89. The zero-order valence-electron chi connectivity index (χ0n) is 14.1. The van der Waals surface area contributed by atoms with Crippen LogP contribution in [0, 0.1) is 11.8 Å². The molecule has 2 amide bonds. The van der Waals surface area contributed by atoms with Gasteiger partial charge in [0, 0.05) is 12.1 Å². The number of halogens is 2. The van der Waals surface area contributed by atoms with Crippen LogP contribution in [0.2, 0.25) is 10.0 Å². The molecule has 7 heteroatoms. The van der Waals surface area contributed by atoms with Gasteiger partial charge in [0.2, 0.25) is 11.8 Å². The summed E-state index contributed by atoms with van der Waals surface area (Å²) in [4.78, 5) is 24.6. The number of rotatable bonds is 6. The first-order chi connectivity index (χ1) is 12.5. The van der Waals surface area contributed by atoms with E-state index in [1.54, 1.807) is 25.3 Å². The van der Waals surface area contributed by atoms with Crippen molar-refractivity contribution in [3.63, 3.8) is 0 Å². The molecule has 136 valence electrons. The number of carbonyl (C=O) groups is 2. The van der Waals surface area contributed by atoms with Crippen LogP contribution in [-0.4, -0.2) is 18.9 Å². The largest absolute Gasteiger partial charge is 0.496 e. The highest BCUT2D eigenvalue weighted by molar-refractivity contribution is 6.39. The minimum absolute atomic E-state index is 0.152. The van der Waals surface area contributed by atoms with Crippen molar-refractivity contribution in [3.05, 3.63) is 58.1 Å². The zero-order valence-corrected chi connectivity index (χ0v) is 15.6. The maximum Gasteiger partial charge on any atom is 0.228 e. The Bertz CT molecular complexity index is 821. The average Bonchev–Trinajstić information content (AvgIpc) is 3.44. The van der Waals surface area contributed by atoms with Gasteiger partial charge in [-0.25, -0.2) is 0 Å². The van der Waals surface area contributed by atoms with E-state index in [-0.39, 0.29) is 23.7 Å². The lowest BCUT2D eigenvalue weighted by Crippen LogP contribution is -2.27. The van der Waals surface area contributed by atoms with Gasteiger partial charge in [0.1, 0.15) is 5.75 Å². The van der Waals surface area contributed by atoms with Gasteiger partial charge >= 0.3 is 0 Å². The monoisotopic (exact) mass is 392 g/mol. The number of amides is 2. The Morgan fingerprint density at radius 3 is 2.38 bits per heavy atom. The SMILES string of the molecule is COc1ccccc1CNC(=O)C1CC1C(=O)Nc1c(Cl)cccc1Cl. The summed E-state index contributed by atoms with van der Waals surface area (Å²) in [6.07, 6.45) is 0.506. The number of anilines is 1. The summed E-state index contributed by atoms with van der Waals surface area (Å²) in [5.74, 6) is -0.406. The van der Waals surface area contributed by atoms with Crippen molar-refractivity contribution in [2.24, 2.45) is 11.8 Å². The predicted molar refractivity (Wildman–Crippen MR) is 102 cm³/mol. The third-order valence-electron chi connectivity index (χ3n) is 4.32. The second-order valence-electron chi connectivity index (χ2n) is 6.06. The molecule has 0 heterocycles. The molecule has 1 saturated carbocycles. The number of ether oxygens (including phenoxy) is 1. The van der Waals surface area contributed by atoms with Gasteiger partial charge in [-0.2, -0.15) is 0 Å². The first kappa shape index (κ1) is 18.5. The number of nitrogens with one attached hydrogen (secondary N) is 2. The normalized spacial score (nSPS) is 18.1. The van der Waals surface area contributed by atoms with Crippen molar-refractivity contribution in [3.8, 4) is 5.75 Å². The van der Waals surface area contributed by atoms with Crippen LogP contribution in [-0.2, 0) is 16.1 Å². The number of methoxy groups -OCH3 is 1. The summed E-state index contributed by atoms with van der Waals surface area (Å²) in [6.45, 7) is 0.351. The highest BCUT2D eigenvalue weighted by atomic mass is 35.5. The van der Waals surface area contributed by atoms with Crippen LogP contribution in [0.15, 0.2) is 42.5 Å². The molecule has 2 unspecified atom stereocenters. The van der Waals surface area contributed by atoms with Crippen LogP contribution < -0.4 is 15.4 Å². The van der Waals surface area contributed by atoms with E-state index in [1.165, 1.54) is 0 Å². The minimum Gasteiger partial charge on any atom is -0.496 e. The van der Waals surface area contributed by atoms with Crippen LogP contribution in [0.3, 0.4) is 0 Å². The van der Waals surface area contributed by atoms with Crippen LogP contribution >= 0.6 is 23.2 Å². The molecular weight excluding hydrogens is 375 g/mol. The van der Waals surface area contributed by atoms with E-state index in [0.717, 1.165) is 5.56 Å². The summed E-state index contributed by atoms with van der Waals surface area (Å²) >= 11 is 12.1. The van der Waals surface area contributed by atoms with Crippen molar-refractivity contribution < 1.29 is 14.3 Å². The molecule has 2 aromatic rings. The number of benzene rings is 2. The molecule has 0 bridgehead atoms. The molecule has 2 N–H and O–H groups in total. The van der Waals surface area contributed by atoms with E-state index >= 15 is 0 Å². The summed E-state index contributed by atoms with van der Waals surface area (Å²) in [6, 6.07) is 12.5. The fourth-order valence-electron chi connectivity index (χ4n) is 2.77. The van der Waals surface area contributed by atoms with Gasteiger partial charge in [0.05, 0.1) is 34.7 Å². The fourth-order valence-corrected chi connectivity index (χ4v) is 3.26. The summed E-state index contributed by atoms with van der Waals surface area (Å²) in [7, 11) is 1.59. The highest BCUT2D eigenvalue weighted by Crippen LogP contribution is 2.41. The Morgan fingerprint density at radius 1 is 1.04 bits per heavy atom. The Balaban J connectivity index is 1.54. The molecule has 1 fully saturated rings. The van der Waals surface area contributed by atoms with Gasteiger partial charge in [-0.3, -0.25) is 9.59 Å². The smallest absolute Gasteiger partial charge is 0.228 e. The zero-order chi connectivity index (χ0) is 18.7. The maximum atomic E-state index is 12.3. The van der Waals surface area contributed by atoms with Crippen LogP contribution in [0.5, 0.6) is 5.75 Å². The third-order valence-corrected chi connectivity index (χ3v) is 4.95. The number of carbonyl (C=O) groups excluding carboxylic acids is 2. The van der Waals surface area contributed by atoms with E-state index in [0.29, 0.717) is 34.4 Å². The van der Waals surface area contributed by atoms with Gasteiger partial charge in [-0.1, -0.05) is 47.5 Å². The third kappa shape index (κ3) is 4.11. The summed E-state index contributed by atoms with van der Waals surface area (Å²) in [5.41, 5.74) is 1.26. The van der Waals surface area contributed by atoms with E-state index in [4.69, 9.17) is 27.9 Å². The van der Waals surface area contributed by atoms with Crippen molar-refractivity contribution >= 4 is 40.7 Å². The van der Waals surface area contributed by atoms with Gasteiger partial charge in [-0.05, 0) is 24.6 Å². The minimum atomic E-state index is -0.375. The second kappa shape index (κ2) is 7.98. The Morgan fingerprint density at radius 2 is 1.69 bits per heavy atom. The lowest BCUT2D eigenvalue weighted by Gasteiger charge is -2.10. The van der Waals surface area contributed by atoms with E-state index in [2.05, 4.69) is 10.6 Å². The Kier molecular flexibility index (Phi) is 5.69. The molecule has 3 rings (SSSR count). The lowest BCUT2D eigenvalue weighted by atomic mass is 10.2. The van der Waals surface area contributed by atoms with Gasteiger partial charge in [0.15, 0.2) is 0 Å². The number of hydrogen-bond donors (Lipinski definition) is 2. The molecule has 26 heavy (non-hydrogen) atoms. The van der Waals surface area contributed by atoms with Crippen molar-refractivity contribution in [1.82, 2.24) is 5.32 Å². The summed E-state index contributed by atoms with van der Waals surface area (Å²) < 4.78 is 5.26. The van der Waals surface area contributed by atoms with E-state index < -0.39 is 0 Å². The second-order valence-corrected chi connectivity index (χ2v) is 6.88.